The Kier molecular flexibility index (Phi) is 4.33. The molecular weight excluding hydrogens is 379 g/mol. The number of aromatic amines is 1. The minimum absolute atomic E-state index is 0.246. The fraction of sp³-hybridized carbons (Fsp3) is 0.235. The third kappa shape index (κ3) is 2.75. The highest BCUT2D eigenvalue weighted by Gasteiger charge is 2.38. The fourth-order valence-electron chi connectivity index (χ4n) is 3.18. The maximum atomic E-state index is 13.2. The van der Waals surface area contributed by atoms with Crippen LogP contribution in [0.1, 0.15) is 27.2 Å². The molecular formula is C17H16F3N5O3. The van der Waals surface area contributed by atoms with E-state index < -0.39 is 23.3 Å². The third-order valence-electron chi connectivity index (χ3n) is 4.40. The Hall–Kier alpha value is -3.50. The molecule has 0 bridgehead atoms. The van der Waals surface area contributed by atoms with Crippen LogP contribution in [-0.2, 0) is 6.18 Å². The SMILES string of the molecule is COc1ccc(C)c(-n2c(N)c(C(N)=O)c3[nH]c(=O)c(C(F)(F)F)nc32)c1C. The number of nitrogens with two attached hydrogens (primary N) is 2. The lowest BCUT2D eigenvalue weighted by atomic mass is 10.1. The number of benzene rings is 1. The number of primary amides is 1. The third-order valence-corrected chi connectivity index (χ3v) is 4.40. The van der Waals surface area contributed by atoms with E-state index in [2.05, 4.69) is 4.98 Å². The van der Waals surface area contributed by atoms with Gasteiger partial charge >= 0.3 is 6.18 Å². The quantitative estimate of drug-likeness (QED) is 0.625. The average molecular weight is 395 g/mol. The molecule has 2 heterocycles. The zero-order valence-electron chi connectivity index (χ0n) is 15.1. The fourth-order valence-corrected chi connectivity index (χ4v) is 3.18. The molecule has 3 aromatic rings. The summed E-state index contributed by atoms with van der Waals surface area (Å²) in [5.74, 6) is -0.816. The second kappa shape index (κ2) is 6.29. The van der Waals surface area contributed by atoms with E-state index in [4.69, 9.17) is 16.2 Å². The summed E-state index contributed by atoms with van der Waals surface area (Å²) in [6.07, 6.45) is -5.00. The van der Waals surface area contributed by atoms with Gasteiger partial charge in [-0.2, -0.15) is 13.2 Å². The number of aryl methyl sites for hydroxylation is 1. The van der Waals surface area contributed by atoms with Crippen molar-refractivity contribution in [3.8, 4) is 11.4 Å². The summed E-state index contributed by atoms with van der Waals surface area (Å²) in [5, 5.41) is 0. The van der Waals surface area contributed by atoms with Crippen LogP contribution in [-0.4, -0.2) is 27.6 Å². The normalized spacial score (nSPS) is 11.8. The highest BCUT2D eigenvalue weighted by atomic mass is 19.4. The topological polar surface area (TPSA) is 129 Å². The molecule has 0 aliphatic carbocycles. The summed E-state index contributed by atoms with van der Waals surface area (Å²) in [6, 6.07) is 3.36. The van der Waals surface area contributed by atoms with Gasteiger partial charge in [-0.1, -0.05) is 6.07 Å². The number of halogens is 3. The van der Waals surface area contributed by atoms with Crippen molar-refractivity contribution >= 4 is 22.9 Å². The van der Waals surface area contributed by atoms with Crippen molar-refractivity contribution in [2.24, 2.45) is 5.73 Å². The van der Waals surface area contributed by atoms with Crippen LogP contribution in [0.5, 0.6) is 5.75 Å². The van der Waals surface area contributed by atoms with Gasteiger partial charge < -0.3 is 21.2 Å². The van der Waals surface area contributed by atoms with Crippen molar-refractivity contribution in [1.82, 2.24) is 14.5 Å². The first-order valence-electron chi connectivity index (χ1n) is 7.94. The number of nitrogens with zero attached hydrogens (tertiary/aromatic N) is 2. The molecule has 0 saturated heterocycles. The minimum Gasteiger partial charge on any atom is -0.496 e. The Morgan fingerprint density at radius 3 is 2.46 bits per heavy atom. The van der Waals surface area contributed by atoms with Gasteiger partial charge in [-0.05, 0) is 25.5 Å². The van der Waals surface area contributed by atoms with Crippen LogP contribution in [0.4, 0.5) is 19.0 Å². The number of amides is 1. The number of ether oxygens (including phenoxy) is 1. The molecule has 11 heteroatoms. The minimum atomic E-state index is -5.00. The summed E-state index contributed by atoms with van der Waals surface area (Å²) < 4.78 is 46.1. The second-order valence-corrected chi connectivity index (χ2v) is 6.13. The van der Waals surface area contributed by atoms with Gasteiger partial charge in [0.2, 0.25) is 5.69 Å². The van der Waals surface area contributed by atoms with E-state index in [1.54, 1.807) is 26.0 Å². The molecule has 1 aromatic carbocycles. The second-order valence-electron chi connectivity index (χ2n) is 6.13. The molecule has 5 N–H and O–H groups in total. The highest BCUT2D eigenvalue weighted by molar-refractivity contribution is 6.09. The monoisotopic (exact) mass is 395 g/mol. The molecule has 0 aliphatic rings. The van der Waals surface area contributed by atoms with E-state index >= 15 is 0 Å². The largest absolute Gasteiger partial charge is 0.496 e. The van der Waals surface area contributed by atoms with Gasteiger partial charge in [0.15, 0.2) is 5.65 Å². The first-order chi connectivity index (χ1) is 13.0. The van der Waals surface area contributed by atoms with Crippen LogP contribution in [0.3, 0.4) is 0 Å². The number of carbonyl (C=O) groups excluding carboxylic acids is 1. The summed E-state index contributed by atoms with van der Waals surface area (Å²) in [4.78, 5) is 29.3. The molecule has 0 saturated carbocycles. The lowest BCUT2D eigenvalue weighted by Gasteiger charge is -2.17. The maximum absolute atomic E-state index is 13.2. The Morgan fingerprint density at radius 1 is 1.29 bits per heavy atom. The van der Waals surface area contributed by atoms with Crippen LogP contribution in [0, 0.1) is 13.8 Å². The highest BCUT2D eigenvalue weighted by Crippen LogP contribution is 2.36. The Morgan fingerprint density at radius 2 is 1.93 bits per heavy atom. The zero-order chi connectivity index (χ0) is 21.0. The number of aromatic nitrogens is 3. The number of rotatable bonds is 3. The van der Waals surface area contributed by atoms with Crippen molar-refractivity contribution in [1.29, 1.82) is 0 Å². The summed E-state index contributed by atoms with van der Waals surface area (Å²) in [7, 11) is 1.44. The van der Waals surface area contributed by atoms with Crippen molar-refractivity contribution in [3.05, 3.63) is 44.9 Å². The number of H-pyrrole nitrogens is 1. The number of methoxy groups -OCH3 is 1. The van der Waals surface area contributed by atoms with Gasteiger partial charge in [-0.3, -0.25) is 14.2 Å². The molecule has 0 atom stereocenters. The van der Waals surface area contributed by atoms with Crippen LogP contribution >= 0.6 is 0 Å². The number of hydrogen-bond donors (Lipinski definition) is 3. The van der Waals surface area contributed by atoms with Crippen molar-refractivity contribution in [2.75, 3.05) is 12.8 Å². The Balaban J connectivity index is 2.56. The summed E-state index contributed by atoms with van der Waals surface area (Å²) in [6.45, 7) is 3.38. The van der Waals surface area contributed by atoms with E-state index in [0.717, 1.165) is 4.57 Å². The van der Waals surface area contributed by atoms with Crippen molar-refractivity contribution in [2.45, 2.75) is 20.0 Å². The lowest BCUT2D eigenvalue weighted by Crippen LogP contribution is -2.24. The van der Waals surface area contributed by atoms with Gasteiger partial charge in [0.1, 0.15) is 22.6 Å². The number of nitrogens with one attached hydrogen (secondary N) is 1. The summed E-state index contributed by atoms with van der Waals surface area (Å²) in [5.41, 5.74) is 8.84. The number of nitrogen functional groups attached to an aromatic ring is 1. The van der Waals surface area contributed by atoms with E-state index in [0.29, 0.717) is 22.6 Å². The number of carbonyl (C=O) groups is 1. The number of alkyl halides is 3. The molecule has 0 aliphatic heterocycles. The Bertz CT molecular complexity index is 1180. The van der Waals surface area contributed by atoms with Crippen LogP contribution in [0.25, 0.3) is 16.9 Å². The van der Waals surface area contributed by atoms with Gasteiger partial charge in [-0.25, -0.2) is 4.98 Å². The number of hydrogen-bond acceptors (Lipinski definition) is 5. The van der Waals surface area contributed by atoms with Gasteiger partial charge in [-0.15, -0.1) is 0 Å². The number of fused-ring (bicyclic) bond motifs is 1. The molecule has 0 spiro atoms. The van der Waals surface area contributed by atoms with E-state index in [1.807, 2.05) is 4.98 Å². The predicted molar refractivity (Wildman–Crippen MR) is 95.6 cm³/mol. The molecule has 0 unspecified atom stereocenters. The van der Waals surface area contributed by atoms with Gasteiger partial charge in [0, 0.05) is 5.56 Å². The molecule has 0 radical (unpaired) electrons. The molecule has 2 aromatic heterocycles. The zero-order valence-corrected chi connectivity index (χ0v) is 15.1. The van der Waals surface area contributed by atoms with Gasteiger partial charge in [0.25, 0.3) is 11.5 Å². The Labute approximate surface area is 155 Å². The lowest BCUT2D eigenvalue weighted by molar-refractivity contribution is -0.142. The summed E-state index contributed by atoms with van der Waals surface area (Å²) >= 11 is 0. The van der Waals surface area contributed by atoms with Crippen LogP contribution in [0.15, 0.2) is 16.9 Å². The van der Waals surface area contributed by atoms with E-state index in [-0.39, 0.29) is 22.5 Å². The number of anilines is 1. The molecule has 1 amide bonds. The standard InChI is InChI=1S/C17H16F3N5O3/c1-6-4-5-8(28-3)7(2)11(6)25-13(21)9(14(22)26)10-15(25)24-12(16(27)23-10)17(18,19)20/h4-5H,21H2,1-3H3,(H2,22,26)(H,23,27). The molecule has 3 rings (SSSR count). The average Bonchev–Trinajstić information content (AvgIpc) is 2.85. The molecule has 0 fully saturated rings. The predicted octanol–water partition coefficient (Wildman–Crippen LogP) is 2.04. The molecule has 148 valence electrons. The van der Waals surface area contributed by atoms with E-state index in [1.165, 1.54) is 7.11 Å². The van der Waals surface area contributed by atoms with Crippen molar-refractivity contribution < 1.29 is 22.7 Å². The first kappa shape index (κ1) is 19.3. The molecule has 8 nitrogen and oxygen atoms in total. The van der Waals surface area contributed by atoms with Crippen molar-refractivity contribution in [3.63, 3.8) is 0 Å². The van der Waals surface area contributed by atoms with Crippen LogP contribution in [0.2, 0.25) is 0 Å². The molecule has 28 heavy (non-hydrogen) atoms. The first-order valence-corrected chi connectivity index (χ1v) is 7.94. The van der Waals surface area contributed by atoms with E-state index in [9.17, 15) is 22.8 Å². The maximum Gasteiger partial charge on any atom is 0.438 e. The van der Waals surface area contributed by atoms with Gasteiger partial charge in [0.05, 0.1) is 12.8 Å². The van der Waals surface area contributed by atoms with Crippen LogP contribution < -0.4 is 21.8 Å². The smallest absolute Gasteiger partial charge is 0.438 e.